The van der Waals surface area contributed by atoms with Gasteiger partial charge in [-0.1, -0.05) is 24.3 Å². The maximum Gasteiger partial charge on any atom is 0.255 e. The molecule has 0 saturated heterocycles. The normalized spacial score (nSPS) is 12.0. The van der Waals surface area contributed by atoms with Crippen molar-refractivity contribution >= 4 is 33.4 Å². The molecule has 1 unspecified atom stereocenters. The SMILES string of the molecule is CS(=O)c1ccc(C(=O)Nc2cccc(-c3nc4ccccc4[nH]3)c2)cc1. The van der Waals surface area contributed by atoms with Crippen LogP contribution in [0.5, 0.6) is 0 Å². The first kappa shape index (κ1) is 17.2. The number of anilines is 1. The molecule has 27 heavy (non-hydrogen) atoms. The van der Waals surface area contributed by atoms with E-state index in [-0.39, 0.29) is 5.91 Å². The Kier molecular flexibility index (Phi) is 4.56. The van der Waals surface area contributed by atoms with E-state index in [1.54, 1.807) is 30.5 Å². The quantitative estimate of drug-likeness (QED) is 0.561. The lowest BCUT2D eigenvalue weighted by molar-refractivity contribution is 0.102. The molecular formula is C21H17N3O2S. The fourth-order valence-corrected chi connectivity index (χ4v) is 3.35. The largest absolute Gasteiger partial charge is 0.338 e. The predicted octanol–water partition coefficient (Wildman–Crippen LogP) is 4.22. The first-order valence-corrected chi connectivity index (χ1v) is 9.96. The van der Waals surface area contributed by atoms with E-state index in [4.69, 9.17) is 0 Å². The van der Waals surface area contributed by atoms with Gasteiger partial charge < -0.3 is 10.3 Å². The number of imidazole rings is 1. The molecule has 0 aliphatic heterocycles. The third-order valence-corrected chi connectivity index (χ3v) is 5.17. The van der Waals surface area contributed by atoms with Gasteiger partial charge >= 0.3 is 0 Å². The number of hydrogen-bond donors (Lipinski definition) is 2. The summed E-state index contributed by atoms with van der Waals surface area (Å²) in [7, 11) is -1.06. The fraction of sp³-hybridized carbons (Fsp3) is 0.0476. The van der Waals surface area contributed by atoms with Crippen LogP contribution >= 0.6 is 0 Å². The van der Waals surface area contributed by atoms with Crippen molar-refractivity contribution in [1.29, 1.82) is 0 Å². The molecule has 0 fully saturated rings. The minimum Gasteiger partial charge on any atom is -0.338 e. The maximum atomic E-state index is 12.5. The second-order valence-electron chi connectivity index (χ2n) is 6.12. The highest BCUT2D eigenvalue weighted by Gasteiger charge is 2.09. The van der Waals surface area contributed by atoms with E-state index in [0.717, 1.165) is 22.4 Å². The number of fused-ring (bicyclic) bond motifs is 1. The number of aromatic nitrogens is 2. The zero-order chi connectivity index (χ0) is 18.8. The zero-order valence-electron chi connectivity index (χ0n) is 14.6. The van der Waals surface area contributed by atoms with E-state index >= 15 is 0 Å². The van der Waals surface area contributed by atoms with E-state index in [2.05, 4.69) is 15.3 Å². The summed E-state index contributed by atoms with van der Waals surface area (Å²) >= 11 is 0. The van der Waals surface area contributed by atoms with Gasteiger partial charge in [-0.15, -0.1) is 0 Å². The van der Waals surface area contributed by atoms with Crippen LogP contribution in [0.3, 0.4) is 0 Å². The molecule has 0 aliphatic carbocycles. The van der Waals surface area contributed by atoms with Gasteiger partial charge in [0, 0.05) is 38.8 Å². The molecule has 5 nitrogen and oxygen atoms in total. The van der Waals surface area contributed by atoms with Gasteiger partial charge in [-0.05, 0) is 48.5 Å². The summed E-state index contributed by atoms with van der Waals surface area (Å²) < 4.78 is 11.5. The summed E-state index contributed by atoms with van der Waals surface area (Å²) in [6, 6.07) is 22.1. The van der Waals surface area contributed by atoms with Crippen LogP contribution in [0.15, 0.2) is 77.7 Å². The lowest BCUT2D eigenvalue weighted by Crippen LogP contribution is -2.11. The summed E-state index contributed by atoms with van der Waals surface area (Å²) in [6.07, 6.45) is 1.61. The molecule has 2 N–H and O–H groups in total. The van der Waals surface area contributed by atoms with Crippen molar-refractivity contribution in [2.75, 3.05) is 11.6 Å². The Morgan fingerprint density at radius 1 is 1.00 bits per heavy atom. The van der Waals surface area contributed by atoms with Crippen LogP contribution in [0, 0.1) is 0 Å². The van der Waals surface area contributed by atoms with E-state index < -0.39 is 10.8 Å². The Morgan fingerprint density at radius 3 is 2.52 bits per heavy atom. The second-order valence-corrected chi connectivity index (χ2v) is 7.50. The Hall–Kier alpha value is -3.25. The number of para-hydroxylation sites is 2. The monoisotopic (exact) mass is 375 g/mol. The molecule has 0 radical (unpaired) electrons. The molecule has 0 spiro atoms. The molecule has 1 amide bonds. The van der Waals surface area contributed by atoms with Gasteiger partial charge in [0.1, 0.15) is 5.82 Å². The lowest BCUT2D eigenvalue weighted by Gasteiger charge is -2.07. The Morgan fingerprint density at radius 2 is 1.78 bits per heavy atom. The van der Waals surface area contributed by atoms with Gasteiger partial charge in [-0.25, -0.2) is 4.98 Å². The molecule has 1 atom stereocenters. The van der Waals surface area contributed by atoms with Crippen LogP contribution in [0.2, 0.25) is 0 Å². The van der Waals surface area contributed by atoms with Crippen molar-refractivity contribution in [3.05, 3.63) is 78.4 Å². The highest BCUT2D eigenvalue weighted by Crippen LogP contribution is 2.23. The van der Waals surface area contributed by atoms with Crippen LogP contribution < -0.4 is 5.32 Å². The van der Waals surface area contributed by atoms with Crippen molar-refractivity contribution in [2.45, 2.75) is 4.90 Å². The van der Waals surface area contributed by atoms with E-state index in [9.17, 15) is 9.00 Å². The standard InChI is InChI=1S/C21H17N3O2S/c1-27(26)17-11-9-14(10-12-17)21(25)22-16-6-4-5-15(13-16)20-23-18-7-2-3-8-19(18)24-20/h2-13H,1H3,(H,22,25)(H,23,24). The van der Waals surface area contributed by atoms with E-state index in [0.29, 0.717) is 16.1 Å². The molecule has 3 aromatic carbocycles. The number of H-pyrrole nitrogens is 1. The van der Waals surface area contributed by atoms with Gasteiger partial charge in [-0.2, -0.15) is 0 Å². The first-order chi connectivity index (χ1) is 13.1. The average Bonchev–Trinajstić information content (AvgIpc) is 3.12. The van der Waals surface area contributed by atoms with Crippen LogP contribution in [-0.4, -0.2) is 26.3 Å². The lowest BCUT2D eigenvalue weighted by atomic mass is 10.1. The number of rotatable bonds is 4. The number of carbonyl (C=O) groups is 1. The third kappa shape index (κ3) is 3.66. The first-order valence-electron chi connectivity index (χ1n) is 8.40. The molecule has 4 rings (SSSR count). The van der Waals surface area contributed by atoms with Crippen LogP contribution in [-0.2, 0) is 10.8 Å². The number of aromatic amines is 1. The summed E-state index contributed by atoms with van der Waals surface area (Å²) in [4.78, 5) is 21.0. The molecule has 0 bridgehead atoms. The van der Waals surface area contributed by atoms with Gasteiger partial charge in [0.2, 0.25) is 0 Å². The second kappa shape index (κ2) is 7.17. The molecule has 0 saturated carbocycles. The highest BCUT2D eigenvalue weighted by molar-refractivity contribution is 7.84. The number of nitrogens with one attached hydrogen (secondary N) is 2. The summed E-state index contributed by atoms with van der Waals surface area (Å²) in [5.41, 5.74) is 3.95. The van der Waals surface area contributed by atoms with E-state index in [1.165, 1.54) is 0 Å². The van der Waals surface area contributed by atoms with E-state index in [1.807, 2.05) is 48.5 Å². The molecule has 6 heteroatoms. The molecular weight excluding hydrogens is 358 g/mol. The average molecular weight is 375 g/mol. The Balaban J connectivity index is 1.57. The number of benzene rings is 3. The predicted molar refractivity (Wildman–Crippen MR) is 108 cm³/mol. The van der Waals surface area contributed by atoms with Crippen molar-refractivity contribution in [3.63, 3.8) is 0 Å². The number of nitrogens with zero attached hydrogens (tertiary/aromatic N) is 1. The van der Waals surface area contributed by atoms with Crippen LogP contribution in [0.25, 0.3) is 22.4 Å². The molecule has 134 valence electrons. The summed E-state index contributed by atoms with van der Waals surface area (Å²) in [5.74, 6) is 0.535. The summed E-state index contributed by atoms with van der Waals surface area (Å²) in [5, 5.41) is 2.89. The minimum atomic E-state index is -1.06. The van der Waals surface area contributed by atoms with Crippen molar-refractivity contribution in [3.8, 4) is 11.4 Å². The smallest absolute Gasteiger partial charge is 0.255 e. The van der Waals surface area contributed by atoms with Crippen LogP contribution in [0.4, 0.5) is 5.69 Å². The zero-order valence-corrected chi connectivity index (χ0v) is 15.4. The number of amides is 1. The van der Waals surface area contributed by atoms with Crippen molar-refractivity contribution in [2.24, 2.45) is 0 Å². The topological polar surface area (TPSA) is 74.8 Å². The van der Waals surface area contributed by atoms with Gasteiger partial charge in [0.15, 0.2) is 0 Å². The number of carbonyl (C=O) groups excluding carboxylic acids is 1. The Labute approximate surface area is 158 Å². The van der Waals surface area contributed by atoms with Crippen molar-refractivity contribution in [1.82, 2.24) is 9.97 Å². The van der Waals surface area contributed by atoms with Crippen LogP contribution in [0.1, 0.15) is 10.4 Å². The van der Waals surface area contributed by atoms with Gasteiger partial charge in [-0.3, -0.25) is 9.00 Å². The minimum absolute atomic E-state index is 0.217. The van der Waals surface area contributed by atoms with Crippen molar-refractivity contribution < 1.29 is 9.00 Å². The number of hydrogen-bond acceptors (Lipinski definition) is 3. The maximum absolute atomic E-state index is 12.5. The fourth-order valence-electron chi connectivity index (χ4n) is 2.83. The molecule has 1 heterocycles. The molecule has 0 aliphatic rings. The van der Waals surface area contributed by atoms with Gasteiger partial charge in [0.25, 0.3) is 5.91 Å². The van der Waals surface area contributed by atoms with Gasteiger partial charge in [0.05, 0.1) is 11.0 Å². The highest BCUT2D eigenvalue weighted by atomic mass is 32.2. The Bertz CT molecular complexity index is 1120. The summed E-state index contributed by atoms with van der Waals surface area (Å²) in [6.45, 7) is 0. The third-order valence-electron chi connectivity index (χ3n) is 4.23. The molecule has 4 aromatic rings. The molecule has 1 aromatic heterocycles.